The average Bonchev–Trinajstić information content (AvgIpc) is 2.81. The summed E-state index contributed by atoms with van der Waals surface area (Å²) in [7, 11) is 1.95. The lowest BCUT2D eigenvalue weighted by Gasteiger charge is -2.18. The minimum atomic E-state index is -0.874. The van der Waals surface area contributed by atoms with E-state index in [4.69, 9.17) is 5.11 Å². The fourth-order valence-electron chi connectivity index (χ4n) is 1.61. The summed E-state index contributed by atoms with van der Waals surface area (Å²) in [5.74, 6) is -0.874. The summed E-state index contributed by atoms with van der Waals surface area (Å²) >= 11 is 4.76. The molecule has 2 aromatic rings. The summed E-state index contributed by atoms with van der Waals surface area (Å²) in [5, 5.41) is 10.8. The lowest BCUT2D eigenvalue weighted by molar-refractivity contribution is 0.0702. The fourth-order valence-corrected chi connectivity index (χ4v) is 2.81. The maximum atomic E-state index is 10.8. The molecule has 0 saturated heterocycles. The van der Waals surface area contributed by atoms with Crippen LogP contribution in [0.25, 0.3) is 0 Å². The SMILES string of the molecule is CN(Cc1ccccc1Br)c1csc(C(=O)O)c1. The smallest absolute Gasteiger partial charge is 0.345 e. The number of benzene rings is 1. The highest BCUT2D eigenvalue weighted by Gasteiger charge is 2.10. The molecule has 3 nitrogen and oxygen atoms in total. The summed E-state index contributed by atoms with van der Waals surface area (Å²) in [4.78, 5) is 13.2. The average molecular weight is 326 g/mol. The zero-order valence-electron chi connectivity index (χ0n) is 9.76. The van der Waals surface area contributed by atoms with Gasteiger partial charge in [0.1, 0.15) is 4.88 Å². The minimum Gasteiger partial charge on any atom is -0.477 e. The van der Waals surface area contributed by atoms with E-state index in [1.165, 1.54) is 16.9 Å². The molecule has 0 spiro atoms. The highest BCUT2D eigenvalue weighted by Crippen LogP contribution is 2.25. The van der Waals surface area contributed by atoms with E-state index in [0.29, 0.717) is 4.88 Å². The van der Waals surface area contributed by atoms with Crippen molar-refractivity contribution in [1.29, 1.82) is 0 Å². The van der Waals surface area contributed by atoms with Crippen molar-refractivity contribution in [1.82, 2.24) is 0 Å². The molecule has 0 aliphatic carbocycles. The molecule has 0 saturated carbocycles. The van der Waals surface area contributed by atoms with Gasteiger partial charge < -0.3 is 10.0 Å². The van der Waals surface area contributed by atoms with Gasteiger partial charge in [-0.05, 0) is 17.7 Å². The van der Waals surface area contributed by atoms with Crippen LogP contribution >= 0.6 is 27.3 Å². The predicted molar refractivity (Wildman–Crippen MR) is 77.5 cm³/mol. The van der Waals surface area contributed by atoms with Crippen molar-refractivity contribution in [3.05, 3.63) is 50.6 Å². The van der Waals surface area contributed by atoms with Gasteiger partial charge in [0.05, 0.1) is 0 Å². The predicted octanol–water partition coefficient (Wildman–Crippen LogP) is 3.85. The van der Waals surface area contributed by atoms with Gasteiger partial charge in [0.2, 0.25) is 0 Å². The lowest BCUT2D eigenvalue weighted by atomic mass is 10.2. The first-order chi connectivity index (χ1) is 8.58. The Morgan fingerprint density at radius 1 is 1.44 bits per heavy atom. The summed E-state index contributed by atoms with van der Waals surface area (Å²) < 4.78 is 1.06. The van der Waals surface area contributed by atoms with Crippen LogP contribution in [0.15, 0.2) is 40.2 Å². The molecule has 94 valence electrons. The number of carboxylic acid groups (broad SMARTS) is 1. The summed E-state index contributed by atoms with van der Waals surface area (Å²) in [6.45, 7) is 0.733. The second-order valence-electron chi connectivity index (χ2n) is 3.92. The lowest BCUT2D eigenvalue weighted by Crippen LogP contribution is -2.15. The van der Waals surface area contributed by atoms with Crippen LogP contribution in [0.4, 0.5) is 5.69 Å². The molecule has 5 heteroatoms. The largest absolute Gasteiger partial charge is 0.477 e. The standard InChI is InChI=1S/C13H12BrNO2S/c1-15(7-9-4-2-3-5-11(9)14)10-6-12(13(16)17)18-8-10/h2-6,8H,7H2,1H3,(H,16,17). The maximum absolute atomic E-state index is 10.8. The van der Waals surface area contributed by atoms with Gasteiger partial charge in [-0.25, -0.2) is 4.79 Å². The van der Waals surface area contributed by atoms with Crippen LogP contribution in [-0.2, 0) is 6.54 Å². The van der Waals surface area contributed by atoms with E-state index in [1.807, 2.05) is 41.6 Å². The first-order valence-electron chi connectivity index (χ1n) is 5.34. The number of halogens is 1. The number of hydrogen-bond donors (Lipinski definition) is 1. The van der Waals surface area contributed by atoms with Gasteiger partial charge in [-0.3, -0.25) is 0 Å². The molecule has 1 aromatic heterocycles. The molecule has 0 bridgehead atoms. The van der Waals surface area contributed by atoms with E-state index in [-0.39, 0.29) is 0 Å². The highest BCUT2D eigenvalue weighted by atomic mass is 79.9. The number of thiophene rings is 1. The van der Waals surface area contributed by atoms with Crippen molar-refractivity contribution in [2.45, 2.75) is 6.54 Å². The number of anilines is 1. The molecule has 1 N–H and O–H groups in total. The molecule has 0 atom stereocenters. The molecule has 0 unspecified atom stereocenters. The number of rotatable bonds is 4. The Morgan fingerprint density at radius 2 is 2.17 bits per heavy atom. The summed E-state index contributed by atoms with van der Waals surface area (Å²) in [6, 6.07) is 9.71. The van der Waals surface area contributed by atoms with Crippen molar-refractivity contribution < 1.29 is 9.90 Å². The third-order valence-corrected chi connectivity index (χ3v) is 4.28. The van der Waals surface area contributed by atoms with Crippen LogP contribution < -0.4 is 4.90 Å². The van der Waals surface area contributed by atoms with E-state index in [1.54, 1.807) is 6.07 Å². The van der Waals surface area contributed by atoms with E-state index < -0.39 is 5.97 Å². The van der Waals surface area contributed by atoms with Gasteiger partial charge in [-0.15, -0.1) is 11.3 Å². The van der Waals surface area contributed by atoms with Crippen molar-refractivity contribution in [3.63, 3.8) is 0 Å². The Balaban J connectivity index is 2.14. The monoisotopic (exact) mass is 325 g/mol. The first kappa shape index (κ1) is 13.1. The third-order valence-electron chi connectivity index (χ3n) is 2.60. The molecule has 2 rings (SSSR count). The van der Waals surface area contributed by atoms with Crippen LogP contribution in [0.5, 0.6) is 0 Å². The molecule has 0 aliphatic heterocycles. The molecular weight excluding hydrogens is 314 g/mol. The van der Waals surface area contributed by atoms with Gasteiger partial charge >= 0.3 is 5.97 Å². The fraction of sp³-hybridized carbons (Fsp3) is 0.154. The quantitative estimate of drug-likeness (QED) is 0.928. The molecule has 0 fully saturated rings. The van der Waals surface area contributed by atoms with Crippen molar-refractivity contribution in [2.75, 3.05) is 11.9 Å². The van der Waals surface area contributed by atoms with E-state index >= 15 is 0 Å². The number of aromatic carboxylic acids is 1. The van der Waals surface area contributed by atoms with Crippen molar-refractivity contribution in [2.24, 2.45) is 0 Å². The van der Waals surface area contributed by atoms with Crippen LogP contribution in [0.1, 0.15) is 15.2 Å². The number of hydrogen-bond acceptors (Lipinski definition) is 3. The second-order valence-corrected chi connectivity index (χ2v) is 5.69. The Labute approximate surface area is 118 Å². The Morgan fingerprint density at radius 3 is 2.78 bits per heavy atom. The van der Waals surface area contributed by atoms with Crippen molar-refractivity contribution in [3.8, 4) is 0 Å². The topological polar surface area (TPSA) is 40.5 Å². The third kappa shape index (κ3) is 2.91. The van der Waals surface area contributed by atoms with Gasteiger partial charge in [0.15, 0.2) is 0 Å². The molecular formula is C13H12BrNO2S. The number of carboxylic acids is 1. The Kier molecular flexibility index (Phi) is 4.04. The molecule has 1 heterocycles. The molecule has 18 heavy (non-hydrogen) atoms. The zero-order chi connectivity index (χ0) is 13.1. The first-order valence-corrected chi connectivity index (χ1v) is 7.01. The van der Waals surface area contributed by atoms with E-state index in [9.17, 15) is 4.79 Å². The van der Waals surface area contributed by atoms with Gasteiger partial charge in [-0.1, -0.05) is 34.1 Å². The minimum absolute atomic E-state index is 0.365. The highest BCUT2D eigenvalue weighted by molar-refractivity contribution is 9.10. The van der Waals surface area contributed by atoms with Gasteiger partial charge in [0.25, 0.3) is 0 Å². The molecule has 0 amide bonds. The summed E-state index contributed by atoms with van der Waals surface area (Å²) in [5.41, 5.74) is 2.09. The normalized spacial score (nSPS) is 10.3. The van der Waals surface area contributed by atoms with Crippen LogP contribution in [0.3, 0.4) is 0 Å². The maximum Gasteiger partial charge on any atom is 0.345 e. The Bertz CT molecular complexity index is 568. The number of carbonyl (C=O) groups is 1. The van der Waals surface area contributed by atoms with Gasteiger partial charge in [0, 0.05) is 29.1 Å². The molecule has 0 radical (unpaired) electrons. The zero-order valence-corrected chi connectivity index (χ0v) is 12.2. The molecule has 0 aliphatic rings. The van der Waals surface area contributed by atoms with E-state index in [0.717, 1.165) is 16.7 Å². The van der Waals surface area contributed by atoms with Gasteiger partial charge in [-0.2, -0.15) is 0 Å². The molecule has 1 aromatic carbocycles. The van der Waals surface area contributed by atoms with Crippen molar-refractivity contribution >= 4 is 38.9 Å². The van der Waals surface area contributed by atoms with Crippen LogP contribution in [0.2, 0.25) is 0 Å². The van der Waals surface area contributed by atoms with Crippen LogP contribution in [-0.4, -0.2) is 18.1 Å². The number of nitrogens with zero attached hydrogens (tertiary/aromatic N) is 1. The van der Waals surface area contributed by atoms with E-state index in [2.05, 4.69) is 15.9 Å². The second kappa shape index (κ2) is 5.54. The summed E-state index contributed by atoms with van der Waals surface area (Å²) in [6.07, 6.45) is 0. The van der Waals surface area contributed by atoms with Crippen LogP contribution in [0, 0.1) is 0 Å². The Hall–Kier alpha value is -1.33.